The molecule has 1 fully saturated rings. The number of amides is 2. The summed E-state index contributed by atoms with van der Waals surface area (Å²) in [5.74, 6) is -0.114. The third kappa shape index (κ3) is 4.84. The van der Waals surface area contributed by atoms with Crippen molar-refractivity contribution in [1.29, 1.82) is 0 Å². The fourth-order valence-corrected chi connectivity index (χ4v) is 2.34. The van der Waals surface area contributed by atoms with Crippen molar-refractivity contribution in [3.05, 3.63) is 23.8 Å². The van der Waals surface area contributed by atoms with Crippen molar-refractivity contribution < 1.29 is 9.59 Å². The first kappa shape index (κ1) is 15.5. The van der Waals surface area contributed by atoms with Crippen LogP contribution in [0.4, 0.5) is 11.4 Å². The van der Waals surface area contributed by atoms with Crippen LogP contribution in [0.25, 0.3) is 0 Å². The van der Waals surface area contributed by atoms with Crippen LogP contribution in [0.15, 0.2) is 18.2 Å². The van der Waals surface area contributed by atoms with Crippen LogP contribution in [0, 0.1) is 6.92 Å². The minimum Gasteiger partial charge on any atom is -0.326 e. The number of hydrogen-bond acceptors (Lipinski definition) is 4. The molecule has 1 heterocycles. The van der Waals surface area contributed by atoms with E-state index < -0.39 is 0 Å². The van der Waals surface area contributed by atoms with Gasteiger partial charge in [-0.3, -0.25) is 14.5 Å². The number of anilines is 2. The number of rotatable bonds is 4. The Bertz CT molecular complexity index is 524. The van der Waals surface area contributed by atoms with Gasteiger partial charge in [0.2, 0.25) is 11.8 Å². The highest BCUT2D eigenvalue weighted by Gasteiger charge is 2.13. The van der Waals surface area contributed by atoms with Gasteiger partial charge in [0.05, 0.1) is 6.54 Å². The summed E-state index contributed by atoms with van der Waals surface area (Å²) in [5.41, 5.74) is 2.44. The van der Waals surface area contributed by atoms with Gasteiger partial charge in [-0.1, -0.05) is 0 Å². The molecule has 114 valence electrons. The van der Waals surface area contributed by atoms with Gasteiger partial charge >= 0.3 is 0 Å². The topological polar surface area (TPSA) is 73.5 Å². The Hall–Kier alpha value is -1.92. The van der Waals surface area contributed by atoms with Crippen molar-refractivity contribution in [1.82, 2.24) is 10.2 Å². The van der Waals surface area contributed by atoms with Crippen LogP contribution < -0.4 is 16.0 Å². The Morgan fingerprint density at radius 1 is 1.24 bits per heavy atom. The third-order valence-corrected chi connectivity index (χ3v) is 3.40. The molecule has 0 unspecified atom stereocenters. The van der Waals surface area contributed by atoms with Crippen molar-refractivity contribution >= 4 is 23.2 Å². The summed E-state index contributed by atoms with van der Waals surface area (Å²) in [5, 5.41) is 8.91. The molecule has 1 aromatic carbocycles. The Balaban J connectivity index is 1.91. The molecule has 1 aliphatic heterocycles. The molecule has 1 saturated heterocycles. The first-order valence-electron chi connectivity index (χ1n) is 7.16. The van der Waals surface area contributed by atoms with Crippen LogP contribution in [0.5, 0.6) is 0 Å². The van der Waals surface area contributed by atoms with Crippen LogP contribution in [-0.4, -0.2) is 49.4 Å². The summed E-state index contributed by atoms with van der Waals surface area (Å²) in [6, 6.07) is 5.46. The molecule has 2 amide bonds. The number of carbonyl (C=O) groups excluding carboxylic acids is 2. The Morgan fingerprint density at radius 3 is 2.57 bits per heavy atom. The Kier molecular flexibility index (Phi) is 5.30. The Labute approximate surface area is 124 Å². The maximum atomic E-state index is 12.0. The molecule has 0 saturated carbocycles. The monoisotopic (exact) mass is 290 g/mol. The van der Waals surface area contributed by atoms with E-state index in [-0.39, 0.29) is 11.8 Å². The van der Waals surface area contributed by atoms with Crippen molar-refractivity contribution in [2.24, 2.45) is 0 Å². The average Bonchev–Trinajstić information content (AvgIpc) is 2.42. The number of nitrogens with one attached hydrogen (secondary N) is 3. The van der Waals surface area contributed by atoms with E-state index in [1.54, 1.807) is 12.1 Å². The van der Waals surface area contributed by atoms with Gasteiger partial charge in [0.1, 0.15) is 0 Å². The molecular formula is C15H22N4O2. The molecule has 3 N–H and O–H groups in total. The molecule has 1 aliphatic rings. The van der Waals surface area contributed by atoms with E-state index in [1.807, 2.05) is 13.0 Å². The molecule has 6 nitrogen and oxygen atoms in total. The highest BCUT2D eigenvalue weighted by Crippen LogP contribution is 2.19. The van der Waals surface area contributed by atoms with E-state index in [0.717, 1.165) is 43.1 Å². The largest absolute Gasteiger partial charge is 0.326 e. The van der Waals surface area contributed by atoms with Crippen LogP contribution >= 0.6 is 0 Å². The summed E-state index contributed by atoms with van der Waals surface area (Å²) < 4.78 is 0. The lowest BCUT2D eigenvalue weighted by atomic mass is 10.1. The number of benzene rings is 1. The highest BCUT2D eigenvalue weighted by atomic mass is 16.2. The van der Waals surface area contributed by atoms with Crippen molar-refractivity contribution in [3.63, 3.8) is 0 Å². The lowest BCUT2D eigenvalue weighted by molar-refractivity contribution is -0.117. The molecule has 0 bridgehead atoms. The molecule has 1 aromatic rings. The predicted molar refractivity (Wildman–Crippen MR) is 83.4 cm³/mol. The molecule has 0 aromatic heterocycles. The third-order valence-electron chi connectivity index (χ3n) is 3.40. The number of nitrogens with zero attached hydrogens (tertiary/aromatic N) is 1. The smallest absolute Gasteiger partial charge is 0.238 e. The van der Waals surface area contributed by atoms with E-state index in [4.69, 9.17) is 0 Å². The van der Waals surface area contributed by atoms with Gasteiger partial charge in [-0.25, -0.2) is 0 Å². The van der Waals surface area contributed by atoms with Crippen molar-refractivity contribution in [2.45, 2.75) is 13.8 Å². The minimum absolute atomic E-state index is 0.0106. The standard InChI is InChI=1S/C15H22N4O2/c1-11-9-13(3-4-14(11)17-12(2)20)18-15(21)10-19-7-5-16-6-8-19/h3-4,9,16H,5-8,10H2,1-2H3,(H,17,20)(H,18,21). The van der Waals surface area contributed by atoms with Gasteiger partial charge < -0.3 is 16.0 Å². The normalized spacial score (nSPS) is 15.5. The van der Waals surface area contributed by atoms with Gasteiger partial charge in [0, 0.05) is 44.5 Å². The summed E-state index contributed by atoms with van der Waals surface area (Å²) in [4.78, 5) is 25.2. The lowest BCUT2D eigenvalue weighted by Crippen LogP contribution is -2.46. The second-order valence-corrected chi connectivity index (χ2v) is 5.29. The molecule has 6 heteroatoms. The van der Waals surface area contributed by atoms with Crippen LogP contribution in [0.2, 0.25) is 0 Å². The van der Waals surface area contributed by atoms with Gasteiger partial charge in [-0.2, -0.15) is 0 Å². The van der Waals surface area contributed by atoms with E-state index in [9.17, 15) is 9.59 Å². The van der Waals surface area contributed by atoms with Crippen molar-refractivity contribution in [2.75, 3.05) is 43.4 Å². The summed E-state index contributed by atoms with van der Waals surface area (Å²) >= 11 is 0. The first-order valence-corrected chi connectivity index (χ1v) is 7.16. The van der Waals surface area contributed by atoms with E-state index >= 15 is 0 Å². The van der Waals surface area contributed by atoms with E-state index in [0.29, 0.717) is 6.54 Å². The summed E-state index contributed by atoms with van der Waals surface area (Å²) in [6.07, 6.45) is 0. The minimum atomic E-state index is -0.103. The summed E-state index contributed by atoms with van der Waals surface area (Å²) in [7, 11) is 0. The average molecular weight is 290 g/mol. The first-order chi connectivity index (χ1) is 10.0. The SMILES string of the molecule is CC(=O)Nc1ccc(NC(=O)CN2CCNCC2)cc1C. The quantitative estimate of drug-likeness (QED) is 0.767. The van der Waals surface area contributed by atoms with Crippen LogP contribution in [-0.2, 0) is 9.59 Å². The number of hydrogen-bond donors (Lipinski definition) is 3. The van der Waals surface area contributed by atoms with E-state index in [1.165, 1.54) is 6.92 Å². The maximum Gasteiger partial charge on any atom is 0.238 e. The molecule has 2 rings (SSSR count). The zero-order chi connectivity index (χ0) is 15.2. The second kappa shape index (κ2) is 7.19. The van der Waals surface area contributed by atoms with Crippen LogP contribution in [0.3, 0.4) is 0 Å². The number of aryl methyl sites for hydroxylation is 1. The van der Waals surface area contributed by atoms with E-state index in [2.05, 4.69) is 20.9 Å². The van der Waals surface area contributed by atoms with Crippen molar-refractivity contribution in [3.8, 4) is 0 Å². The van der Waals surface area contributed by atoms with Crippen LogP contribution in [0.1, 0.15) is 12.5 Å². The van der Waals surface area contributed by atoms with Gasteiger partial charge in [-0.15, -0.1) is 0 Å². The Morgan fingerprint density at radius 2 is 1.95 bits per heavy atom. The number of piperazine rings is 1. The highest BCUT2D eigenvalue weighted by molar-refractivity contribution is 5.93. The number of carbonyl (C=O) groups is 2. The summed E-state index contributed by atoms with van der Waals surface area (Å²) in [6.45, 7) is 7.44. The molecular weight excluding hydrogens is 268 g/mol. The zero-order valence-corrected chi connectivity index (χ0v) is 12.5. The molecule has 0 radical (unpaired) electrons. The predicted octanol–water partition coefficient (Wildman–Crippen LogP) is 0.797. The zero-order valence-electron chi connectivity index (χ0n) is 12.5. The van der Waals surface area contributed by atoms with Gasteiger partial charge in [0.15, 0.2) is 0 Å². The maximum absolute atomic E-state index is 12.0. The lowest BCUT2D eigenvalue weighted by Gasteiger charge is -2.26. The molecule has 21 heavy (non-hydrogen) atoms. The molecule has 0 spiro atoms. The molecule has 0 atom stereocenters. The molecule has 0 aliphatic carbocycles. The van der Waals surface area contributed by atoms with Gasteiger partial charge in [0.25, 0.3) is 0 Å². The second-order valence-electron chi connectivity index (χ2n) is 5.29. The fourth-order valence-electron chi connectivity index (χ4n) is 2.34. The fraction of sp³-hybridized carbons (Fsp3) is 0.467. The van der Waals surface area contributed by atoms with Gasteiger partial charge in [-0.05, 0) is 30.7 Å².